The van der Waals surface area contributed by atoms with Gasteiger partial charge in [0, 0.05) is 23.5 Å². The SMILES string of the molecule is COC(=O)C1=C(C)N(c2ccccc2C)C=CC1c1ccccc1. The van der Waals surface area contributed by atoms with Crippen LogP contribution in [0.1, 0.15) is 24.0 Å². The molecule has 0 saturated carbocycles. The van der Waals surface area contributed by atoms with Gasteiger partial charge in [-0.1, -0.05) is 54.6 Å². The van der Waals surface area contributed by atoms with Gasteiger partial charge in [-0.05, 0) is 31.0 Å². The summed E-state index contributed by atoms with van der Waals surface area (Å²) in [7, 11) is 1.43. The lowest BCUT2D eigenvalue weighted by Gasteiger charge is -2.32. The van der Waals surface area contributed by atoms with Crippen LogP contribution in [0, 0.1) is 6.92 Å². The van der Waals surface area contributed by atoms with E-state index in [2.05, 4.69) is 30.0 Å². The number of aryl methyl sites for hydroxylation is 1. The molecule has 3 nitrogen and oxygen atoms in total. The number of allylic oxidation sites excluding steroid dienone is 2. The summed E-state index contributed by atoms with van der Waals surface area (Å²) in [6.45, 7) is 4.04. The lowest BCUT2D eigenvalue weighted by molar-refractivity contribution is -0.136. The van der Waals surface area contributed by atoms with Crippen LogP contribution in [0.3, 0.4) is 0 Å². The Bertz CT molecular complexity index is 806. The Kier molecular flexibility index (Phi) is 4.52. The van der Waals surface area contributed by atoms with Crippen molar-refractivity contribution in [2.24, 2.45) is 0 Å². The number of nitrogens with zero attached hydrogens (tertiary/aromatic N) is 1. The summed E-state index contributed by atoms with van der Waals surface area (Å²) >= 11 is 0. The molecule has 3 heteroatoms. The summed E-state index contributed by atoms with van der Waals surface area (Å²) in [4.78, 5) is 14.5. The first kappa shape index (κ1) is 16.1. The lowest BCUT2D eigenvalue weighted by atomic mass is 9.87. The van der Waals surface area contributed by atoms with E-state index in [4.69, 9.17) is 4.74 Å². The van der Waals surface area contributed by atoms with Gasteiger partial charge in [0.2, 0.25) is 0 Å². The third kappa shape index (κ3) is 2.85. The van der Waals surface area contributed by atoms with Crippen LogP contribution in [-0.4, -0.2) is 13.1 Å². The molecule has 0 saturated heterocycles. The normalized spacial score (nSPS) is 17.1. The van der Waals surface area contributed by atoms with E-state index in [1.165, 1.54) is 7.11 Å². The molecule has 24 heavy (non-hydrogen) atoms. The zero-order valence-corrected chi connectivity index (χ0v) is 14.2. The predicted octanol–water partition coefficient (Wildman–Crippen LogP) is 4.56. The molecular formula is C21H21NO2. The Morgan fingerprint density at radius 1 is 1.00 bits per heavy atom. The van der Waals surface area contributed by atoms with Crippen LogP contribution >= 0.6 is 0 Å². The second-order valence-corrected chi connectivity index (χ2v) is 5.88. The summed E-state index contributed by atoms with van der Waals surface area (Å²) in [5.41, 5.74) is 4.88. The molecule has 0 spiro atoms. The van der Waals surface area contributed by atoms with E-state index in [-0.39, 0.29) is 11.9 Å². The van der Waals surface area contributed by atoms with Crippen LogP contribution in [0.15, 0.2) is 78.1 Å². The fraction of sp³-hybridized carbons (Fsp3) is 0.190. The number of benzene rings is 2. The van der Waals surface area contributed by atoms with Gasteiger partial charge >= 0.3 is 5.97 Å². The monoisotopic (exact) mass is 319 g/mol. The van der Waals surface area contributed by atoms with Crippen LogP contribution < -0.4 is 4.90 Å². The average Bonchev–Trinajstić information content (AvgIpc) is 2.62. The number of hydrogen-bond donors (Lipinski definition) is 0. The zero-order valence-electron chi connectivity index (χ0n) is 14.2. The number of anilines is 1. The molecule has 0 bridgehead atoms. The first-order valence-electron chi connectivity index (χ1n) is 8.00. The molecule has 1 unspecified atom stereocenters. The van der Waals surface area contributed by atoms with Crippen molar-refractivity contribution in [1.82, 2.24) is 0 Å². The van der Waals surface area contributed by atoms with E-state index in [0.717, 1.165) is 22.5 Å². The minimum atomic E-state index is -0.288. The van der Waals surface area contributed by atoms with Crippen LogP contribution in [0.5, 0.6) is 0 Å². The highest BCUT2D eigenvalue weighted by molar-refractivity contribution is 5.93. The van der Waals surface area contributed by atoms with Crippen LogP contribution in [-0.2, 0) is 9.53 Å². The average molecular weight is 319 g/mol. The Morgan fingerprint density at radius 3 is 2.33 bits per heavy atom. The molecule has 2 aromatic rings. The van der Waals surface area contributed by atoms with Gasteiger partial charge in [0.15, 0.2) is 0 Å². The maximum Gasteiger partial charge on any atom is 0.336 e. The number of para-hydroxylation sites is 1. The van der Waals surface area contributed by atoms with Crippen molar-refractivity contribution in [3.63, 3.8) is 0 Å². The van der Waals surface area contributed by atoms with Gasteiger partial charge in [-0.3, -0.25) is 0 Å². The summed E-state index contributed by atoms with van der Waals surface area (Å²) in [5, 5.41) is 0. The van der Waals surface area contributed by atoms with Crippen molar-refractivity contribution in [2.75, 3.05) is 12.0 Å². The molecule has 122 valence electrons. The van der Waals surface area contributed by atoms with Crippen molar-refractivity contribution in [2.45, 2.75) is 19.8 Å². The largest absolute Gasteiger partial charge is 0.466 e. The van der Waals surface area contributed by atoms with Gasteiger partial charge < -0.3 is 9.64 Å². The van der Waals surface area contributed by atoms with E-state index in [1.807, 2.05) is 55.6 Å². The Morgan fingerprint density at radius 2 is 1.67 bits per heavy atom. The second-order valence-electron chi connectivity index (χ2n) is 5.88. The van der Waals surface area contributed by atoms with E-state index in [9.17, 15) is 4.79 Å². The highest BCUT2D eigenvalue weighted by atomic mass is 16.5. The molecule has 1 aliphatic heterocycles. The number of rotatable bonds is 3. The molecule has 1 heterocycles. The summed E-state index contributed by atoms with van der Waals surface area (Å²) in [5.74, 6) is -0.386. The second kappa shape index (κ2) is 6.75. The van der Waals surface area contributed by atoms with E-state index < -0.39 is 0 Å². The van der Waals surface area contributed by atoms with Crippen molar-refractivity contribution in [3.8, 4) is 0 Å². The van der Waals surface area contributed by atoms with E-state index in [0.29, 0.717) is 5.57 Å². The minimum Gasteiger partial charge on any atom is -0.466 e. The lowest BCUT2D eigenvalue weighted by Crippen LogP contribution is -2.26. The van der Waals surface area contributed by atoms with Gasteiger partial charge in [-0.15, -0.1) is 0 Å². The predicted molar refractivity (Wildman–Crippen MR) is 96.7 cm³/mol. The van der Waals surface area contributed by atoms with Crippen LogP contribution in [0.2, 0.25) is 0 Å². The maximum absolute atomic E-state index is 12.5. The number of hydrogen-bond acceptors (Lipinski definition) is 3. The quantitative estimate of drug-likeness (QED) is 0.777. The molecule has 0 radical (unpaired) electrons. The maximum atomic E-state index is 12.5. The number of ether oxygens (including phenoxy) is 1. The summed E-state index contributed by atoms with van der Waals surface area (Å²) in [6.07, 6.45) is 4.10. The van der Waals surface area contributed by atoms with Gasteiger partial charge in [0.1, 0.15) is 0 Å². The molecule has 0 amide bonds. The Hall–Kier alpha value is -2.81. The van der Waals surface area contributed by atoms with Gasteiger partial charge in [-0.2, -0.15) is 0 Å². The van der Waals surface area contributed by atoms with Crippen molar-refractivity contribution in [3.05, 3.63) is 89.3 Å². The van der Waals surface area contributed by atoms with Gasteiger partial charge in [0.25, 0.3) is 0 Å². The summed E-state index contributed by atoms with van der Waals surface area (Å²) in [6, 6.07) is 18.2. The summed E-state index contributed by atoms with van der Waals surface area (Å²) < 4.78 is 5.07. The standard InChI is InChI=1S/C21H21NO2/c1-15-9-7-8-12-19(15)22-14-13-18(17-10-5-4-6-11-17)20(16(22)2)21(23)24-3/h4-14,18H,1-3H3. The molecule has 0 aromatic heterocycles. The Balaban J connectivity index is 2.10. The fourth-order valence-corrected chi connectivity index (χ4v) is 3.15. The van der Waals surface area contributed by atoms with Crippen molar-refractivity contribution < 1.29 is 9.53 Å². The third-order valence-corrected chi connectivity index (χ3v) is 4.43. The van der Waals surface area contributed by atoms with E-state index >= 15 is 0 Å². The molecule has 1 aliphatic rings. The van der Waals surface area contributed by atoms with Crippen LogP contribution in [0.4, 0.5) is 5.69 Å². The molecule has 0 aliphatic carbocycles. The molecule has 2 aromatic carbocycles. The molecule has 0 N–H and O–H groups in total. The van der Waals surface area contributed by atoms with Crippen LogP contribution in [0.25, 0.3) is 0 Å². The molecular weight excluding hydrogens is 298 g/mol. The minimum absolute atomic E-state index is 0.0982. The highest BCUT2D eigenvalue weighted by Gasteiger charge is 2.29. The molecule has 1 atom stereocenters. The number of carbonyl (C=O) groups is 1. The fourth-order valence-electron chi connectivity index (χ4n) is 3.15. The smallest absolute Gasteiger partial charge is 0.336 e. The third-order valence-electron chi connectivity index (χ3n) is 4.43. The van der Waals surface area contributed by atoms with E-state index in [1.54, 1.807) is 0 Å². The first-order valence-corrected chi connectivity index (χ1v) is 8.00. The zero-order chi connectivity index (χ0) is 17.1. The highest BCUT2D eigenvalue weighted by Crippen LogP contribution is 2.37. The van der Waals surface area contributed by atoms with Crippen molar-refractivity contribution in [1.29, 1.82) is 0 Å². The van der Waals surface area contributed by atoms with Gasteiger partial charge in [-0.25, -0.2) is 4.79 Å². The first-order chi connectivity index (χ1) is 11.6. The number of methoxy groups -OCH3 is 1. The molecule has 3 rings (SSSR count). The van der Waals surface area contributed by atoms with Crippen molar-refractivity contribution >= 4 is 11.7 Å². The number of carbonyl (C=O) groups excluding carboxylic acids is 1. The molecule has 0 fully saturated rings. The topological polar surface area (TPSA) is 29.5 Å². The Labute approximate surface area is 142 Å². The van der Waals surface area contributed by atoms with Gasteiger partial charge in [0.05, 0.1) is 12.7 Å². The number of esters is 1.